The second-order valence-electron chi connectivity index (χ2n) is 5.67. The fourth-order valence-electron chi connectivity index (χ4n) is 2.41. The Labute approximate surface area is 161 Å². The van der Waals surface area contributed by atoms with Gasteiger partial charge in [-0.25, -0.2) is 14.4 Å². The van der Waals surface area contributed by atoms with Crippen LogP contribution in [0.1, 0.15) is 11.3 Å². The lowest BCUT2D eigenvalue weighted by atomic mass is 10.1. The number of aryl methyl sites for hydroxylation is 1. The van der Waals surface area contributed by atoms with Gasteiger partial charge in [0.05, 0.1) is 18.9 Å². The number of aromatic nitrogens is 4. The van der Waals surface area contributed by atoms with Gasteiger partial charge in [-0.1, -0.05) is 6.07 Å². The summed E-state index contributed by atoms with van der Waals surface area (Å²) < 4.78 is 64.5. The molecule has 0 N–H and O–H groups in total. The fraction of sp³-hybridized carbons (Fsp3) is 0.235. The van der Waals surface area contributed by atoms with E-state index in [1.165, 1.54) is 32.5 Å². The van der Waals surface area contributed by atoms with Crippen LogP contribution in [-0.4, -0.2) is 26.6 Å². The molecule has 0 radical (unpaired) electrons. The van der Waals surface area contributed by atoms with Crippen LogP contribution in [0.3, 0.4) is 0 Å². The van der Waals surface area contributed by atoms with E-state index in [1.54, 1.807) is 0 Å². The summed E-state index contributed by atoms with van der Waals surface area (Å²) >= 11 is 5.71. The van der Waals surface area contributed by atoms with E-state index in [9.17, 15) is 17.6 Å². The quantitative estimate of drug-likeness (QED) is 0.459. The molecule has 0 amide bonds. The third-order valence-electron chi connectivity index (χ3n) is 3.73. The number of benzene rings is 1. The molecule has 0 spiro atoms. The van der Waals surface area contributed by atoms with Gasteiger partial charge in [0.25, 0.3) is 5.88 Å². The van der Waals surface area contributed by atoms with E-state index in [0.717, 1.165) is 16.8 Å². The van der Waals surface area contributed by atoms with Crippen LogP contribution in [0.15, 0.2) is 30.6 Å². The number of ether oxygens (including phenoxy) is 2. The predicted octanol–water partition coefficient (Wildman–Crippen LogP) is 4.28. The molecule has 11 heteroatoms. The normalized spacial score (nSPS) is 11.5. The highest BCUT2D eigenvalue weighted by atomic mass is 35.5. The Hall–Kier alpha value is -2.88. The van der Waals surface area contributed by atoms with Crippen LogP contribution in [0.25, 0.3) is 11.4 Å². The Kier molecular flexibility index (Phi) is 5.41. The zero-order chi connectivity index (χ0) is 20.5. The van der Waals surface area contributed by atoms with Gasteiger partial charge in [0.1, 0.15) is 18.2 Å². The van der Waals surface area contributed by atoms with Gasteiger partial charge >= 0.3 is 6.18 Å². The Morgan fingerprint density at radius 3 is 2.57 bits per heavy atom. The highest BCUT2D eigenvalue weighted by Gasteiger charge is 2.34. The van der Waals surface area contributed by atoms with E-state index in [-0.39, 0.29) is 34.9 Å². The number of alkyl halides is 3. The van der Waals surface area contributed by atoms with Crippen molar-refractivity contribution >= 4 is 11.6 Å². The summed E-state index contributed by atoms with van der Waals surface area (Å²) in [5.41, 5.74) is -0.739. The molecule has 0 saturated carbocycles. The van der Waals surface area contributed by atoms with Gasteiger partial charge < -0.3 is 14.0 Å². The van der Waals surface area contributed by atoms with Crippen molar-refractivity contribution in [1.29, 1.82) is 0 Å². The number of halogens is 5. The molecule has 2 aromatic heterocycles. The van der Waals surface area contributed by atoms with Gasteiger partial charge in [-0.2, -0.15) is 18.2 Å². The van der Waals surface area contributed by atoms with Crippen LogP contribution in [0, 0.1) is 5.82 Å². The maximum atomic E-state index is 14.5. The number of methoxy groups -OCH3 is 1. The first-order chi connectivity index (χ1) is 13.2. The van der Waals surface area contributed by atoms with Crippen molar-refractivity contribution in [2.24, 2.45) is 7.05 Å². The zero-order valence-corrected chi connectivity index (χ0v) is 15.3. The topological polar surface area (TPSA) is 62.1 Å². The van der Waals surface area contributed by atoms with Crippen molar-refractivity contribution in [1.82, 2.24) is 19.5 Å². The van der Waals surface area contributed by atoms with Gasteiger partial charge in [-0.05, 0) is 29.3 Å². The molecule has 1 aromatic carbocycles. The minimum absolute atomic E-state index is 0.0485. The number of hydrogen-bond donors (Lipinski definition) is 0. The maximum Gasteiger partial charge on any atom is 0.434 e. The lowest BCUT2D eigenvalue weighted by Crippen LogP contribution is -2.05. The van der Waals surface area contributed by atoms with E-state index in [1.807, 2.05) is 0 Å². The molecule has 0 atom stereocenters. The van der Waals surface area contributed by atoms with Crippen molar-refractivity contribution in [2.75, 3.05) is 7.11 Å². The lowest BCUT2D eigenvalue weighted by Gasteiger charge is -2.10. The van der Waals surface area contributed by atoms with Crippen LogP contribution < -0.4 is 9.47 Å². The van der Waals surface area contributed by atoms with Crippen LogP contribution in [0.4, 0.5) is 17.6 Å². The first kappa shape index (κ1) is 19.9. The average Bonchev–Trinajstić information content (AvgIpc) is 3.02. The van der Waals surface area contributed by atoms with Crippen molar-refractivity contribution in [3.63, 3.8) is 0 Å². The molecule has 148 valence electrons. The van der Waals surface area contributed by atoms with Crippen LogP contribution in [0.5, 0.6) is 11.6 Å². The minimum atomic E-state index is -4.61. The van der Waals surface area contributed by atoms with E-state index in [2.05, 4.69) is 15.0 Å². The SMILES string of the molecule is COc1cnc(Cl)nc1OCc1ccc(-c2nc(C(F)(F)F)cn2C)c(F)c1. The van der Waals surface area contributed by atoms with Gasteiger partial charge in [-0.3, -0.25) is 0 Å². The molecule has 0 aliphatic carbocycles. The molecule has 0 unspecified atom stereocenters. The highest BCUT2D eigenvalue weighted by Crippen LogP contribution is 2.32. The van der Waals surface area contributed by atoms with Gasteiger partial charge in [-0.15, -0.1) is 0 Å². The van der Waals surface area contributed by atoms with Gasteiger partial charge in [0.15, 0.2) is 11.4 Å². The van der Waals surface area contributed by atoms with E-state index >= 15 is 0 Å². The van der Waals surface area contributed by atoms with E-state index in [0.29, 0.717) is 5.56 Å². The van der Waals surface area contributed by atoms with E-state index < -0.39 is 17.7 Å². The summed E-state index contributed by atoms with van der Waals surface area (Å²) in [6, 6.07) is 3.99. The second-order valence-corrected chi connectivity index (χ2v) is 6.01. The molecule has 28 heavy (non-hydrogen) atoms. The Bertz CT molecular complexity index is 1010. The van der Waals surface area contributed by atoms with Crippen LogP contribution in [-0.2, 0) is 19.8 Å². The molecule has 0 fully saturated rings. The smallest absolute Gasteiger partial charge is 0.434 e. The van der Waals surface area contributed by atoms with Gasteiger partial charge in [0, 0.05) is 13.2 Å². The Morgan fingerprint density at radius 1 is 1.21 bits per heavy atom. The largest absolute Gasteiger partial charge is 0.490 e. The summed E-state index contributed by atoms with van der Waals surface area (Å²) in [5, 5.41) is -0.0485. The monoisotopic (exact) mass is 416 g/mol. The second kappa shape index (κ2) is 7.63. The Morgan fingerprint density at radius 2 is 1.96 bits per heavy atom. The van der Waals surface area contributed by atoms with Crippen molar-refractivity contribution in [2.45, 2.75) is 12.8 Å². The summed E-state index contributed by atoms with van der Waals surface area (Å²) in [5.74, 6) is -0.558. The summed E-state index contributed by atoms with van der Waals surface area (Å²) in [7, 11) is 2.76. The molecular weight excluding hydrogens is 404 g/mol. The lowest BCUT2D eigenvalue weighted by molar-refractivity contribution is -0.140. The fourth-order valence-corrected chi connectivity index (χ4v) is 2.54. The summed E-state index contributed by atoms with van der Waals surface area (Å²) in [4.78, 5) is 11.1. The molecule has 0 aliphatic heterocycles. The molecule has 6 nitrogen and oxygen atoms in total. The predicted molar refractivity (Wildman–Crippen MR) is 91.5 cm³/mol. The van der Waals surface area contributed by atoms with E-state index in [4.69, 9.17) is 21.1 Å². The molecule has 3 aromatic rings. The number of rotatable bonds is 5. The molecule has 3 rings (SSSR count). The highest BCUT2D eigenvalue weighted by molar-refractivity contribution is 6.28. The standard InChI is InChI=1S/C17H13ClF4N4O2/c1-26-7-13(17(20,21)22)24-14(26)10-4-3-9(5-11(10)19)8-28-15-12(27-2)6-23-16(18)25-15/h3-7H,8H2,1-2H3. The van der Waals surface area contributed by atoms with Crippen molar-refractivity contribution in [3.8, 4) is 23.0 Å². The number of hydrogen-bond acceptors (Lipinski definition) is 5. The third kappa shape index (κ3) is 4.16. The molecular formula is C17H13ClF4N4O2. The minimum Gasteiger partial charge on any atom is -0.490 e. The van der Waals surface area contributed by atoms with Crippen molar-refractivity contribution in [3.05, 3.63) is 53.0 Å². The van der Waals surface area contributed by atoms with Crippen LogP contribution in [0.2, 0.25) is 5.28 Å². The molecule has 0 bridgehead atoms. The Balaban J connectivity index is 1.82. The summed E-state index contributed by atoms with van der Waals surface area (Å²) in [6.07, 6.45) is -2.48. The molecule has 0 saturated heterocycles. The number of nitrogens with zero attached hydrogens (tertiary/aromatic N) is 4. The average molecular weight is 417 g/mol. The zero-order valence-electron chi connectivity index (χ0n) is 14.6. The third-order valence-corrected chi connectivity index (χ3v) is 3.91. The first-order valence-corrected chi connectivity index (χ1v) is 8.15. The van der Waals surface area contributed by atoms with Crippen molar-refractivity contribution < 1.29 is 27.0 Å². The number of imidazole rings is 1. The summed E-state index contributed by atoms with van der Waals surface area (Å²) in [6.45, 7) is -0.0741. The maximum absolute atomic E-state index is 14.5. The molecule has 2 heterocycles. The van der Waals surface area contributed by atoms with Crippen LogP contribution >= 0.6 is 11.6 Å². The molecule has 0 aliphatic rings. The van der Waals surface area contributed by atoms with Gasteiger partial charge in [0.2, 0.25) is 5.28 Å². The first-order valence-electron chi connectivity index (χ1n) is 7.77.